The summed E-state index contributed by atoms with van der Waals surface area (Å²) < 4.78 is 19.9. The van der Waals surface area contributed by atoms with Crippen molar-refractivity contribution >= 4 is 17.6 Å². The van der Waals surface area contributed by atoms with E-state index in [-0.39, 0.29) is 5.91 Å². The van der Waals surface area contributed by atoms with Crippen LogP contribution in [0.15, 0.2) is 48.8 Å². The topological polar surface area (TPSA) is 89.4 Å². The van der Waals surface area contributed by atoms with Gasteiger partial charge in [-0.25, -0.2) is 9.78 Å². The number of hydrogen-bond acceptors (Lipinski definition) is 5. The molecule has 2 aliphatic rings. The maximum atomic E-state index is 13.4. The number of ether oxygens (including phenoxy) is 1. The molecule has 1 saturated heterocycles. The van der Waals surface area contributed by atoms with E-state index in [1.165, 1.54) is 12.3 Å². The Bertz CT molecular complexity index is 1370. The number of carbonyl (C=O) groups excluding carboxylic acids is 2. The van der Waals surface area contributed by atoms with Crippen LogP contribution in [0.3, 0.4) is 0 Å². The van der Waals surface area contributed by atoms with Crippen molar-refractivity contribution in [1.29, 1.82) is 0 Å². The molecule has 1 fully saturated rings. The van der Waals surface area contributed by atoms with Crippen LogP contribution in [0.2, 0.25) is 0 Å². The van der Waals surface area contributed by atoms with Crippen LogP contribution in [0.25, 0.3) is 0 Å². The number of nitrogens with one attached hydrogen (secondary N) is 1. The van der Waals surface area contributed by atoms with Crippen molar-refractivity contribution in [2.45, 2.75) is 38.1 Å². The summed E-state index contributed by atoms with van der Waals surface area (Å²) in [7, 11) is 1.72. The van der Waals surface area contributed by atoms with E-state index in [1.807, 2.05) is 18.2 Å². The van der Waals surface area contributed by atoms with Gasteiger partial charge < -0.3 is 15.0 Å². The van der Waals surface area contributed by atoms with Crippen molar-refractivity contribution < 1.29 is 18.7 Å². The van der Waals surface area contributed by atoms with E-state index < -0.39 is 18.0 Å². The maximum absolute atomic E-state index is 13.4. The highest BCUT2D eigenvalue weighted by molar-refractivity contribution is 6.00. The van der Waals surface area contributed by atoms with E-state index in [1.54, 1.807) is 30.3 Å². The van der Waals surface area contributed by atoms with Crippen LogP contribution in [0.1, 0.15) is 41.6 Å². The highest BCUT2D eigenvalue weighted by atomic mass is 19.1. The fraction of sp³-hybridized carbons (Fsp3) is 0.357. The van der Waals surface area contributed by atoms with E-state index in [2.05, 4.69) is 27.2 Å². The SMILES string of the molecule is CN1C(=O)[C@@H](NC(=O)n2cc(Cc3cccc(F)n3)cn2)CCc2ccc(C#CC3CCOCC3)cc21. The molecule has 2 aromatic heterocycles. The number of rotatable bonds is 3. The zero-order valence-corrected chi connectivity index (χ0v) is 20.6. The number of likely N-dealkylation sites (N-methyl/N-ethyl adjacent to an activating group) is 1. The Morgan fingerprint density at radius 3 is 2.86 bits per heavy atom. The molecule has 0 radical (unpaired) electrons. The second-order valence-electron chi connectivity index (χ2n) is 9.36. The molecular formula is C28H28FN5O3. The summed E-state index contributed by atoms with van der Waals surface area (Å²) >= 11 is 0. The molecule has 1 N–H and O–H groups in total. The van der Waals surface area contributed by atoms with Crippen LogP contribution < -0.4 is 10.2 Å². The number of fused-ring (bicyclic) bond motifs is 1. The van der Waals surface area contributed by atoms with E-state index in [9.17, 15) is 14.0 Å². The first kappa shape index (κ1) is 24.7. The van der Waals surface area contributed by atoms with Crippen molar-refractivity contribution in [2.24, 2.45) is 5.92 Å². The third kappa shape index (κ3) is 5.87. The van der Waals surface area contributed by atoms with Gasteiger partial charge in [0, 0.05) is 55.7 Å². The molecule has 8 nitrogen and oxygen atoms in total. The summed E-state index contributed by atoms with van der Waals surface area (Å²) in [4.78, 5) is 31.6. The van der Waals surface area contributed by atoms with Crippen molar-refractivity contribution in [3.8, 4) is 11.8 Å². The molecule has 3 aromatic rings. The number of anilines is 1. The first-order chi connectivity index (χ1) is 18.0. The Hall–Kier alpha value is -4.03. The molecule has 0 spiro atoms. The number of carbonyl (C=O) groups is 2. The van der Waals surface area contributed by atoms with Crippen LogP contribution in [0.4, 0.5) is 14.9 Å². The Morgan fingerprint density at radius 2 is 2.05 bits per heavy atom. The molecule has 5 rings (SSSR count). The third-order valence-electron chi connectivity index (χ3n) is 6.72. The largest absolute Gasteiger partial charge is 0.381 e. The van der Waals surface area contributed by atoms with Crippen LogP contribution in [-0.4, -0.2) is 53.0 Å². The second-order valence-corrected chi connectivity index (χ2v) is 9.36. The van der Waals surface area contributed by atoms with Crippen LogP contribution in [-0.2, 0) is 22.4 Å². The zero-order valence-electron chi connectivity index (χ0n) is 20.6. The van der Waals surface area contributed by atoms with E-state index in [0.717, 1.165) is 47.6 Å². The average Bonchev–Trinajstić information content (AvgIpc) is 3.34. The lowest BCUT2D eigenvalue weighted by Crippen LogP contribution is -2.48. The van der Waals surface area contributed by atoms with Crippen molar-refractivity contribution in [1.82, 2.24) is 20.1 Å². The number of aryl methyl sites for hydroxylation is 1. The predicted octanol–water partition coefficient (Wildman–Crippen LogP) is 3.32. The minimum atomic E-state index is -0.695. The summed E-state index contributed by atoms with van der Waals surface area (Å²) in [5.74, 6) is 6.17. The number of nitrogens with zero attached hydrogens (tertiary/aromatic N) is 4. The third-order valence-corrected chi connectivity index (χ3v) is 6.72. The van der Waals surface area contributed by atoms with Crippen LogP contribution >= 0.6 is 0 Å². The molecular weight excluding hydrogens is 473 g/mol. The molecule has 37 heavy (non-hydrogen) atoms. The molecule has 190 valence electrons. The molecule has 0 aliphatic carbocycles. The minimum Gasteiger partial charge on any atom is -0.381 e. The molecule has 9 heteroatoms. The smallest absolute Gasteiger partial charge is 0.342 e. The molecule has 0 bridgehead atoms. The fourth-order valence-electron chi connectivity index (χ4n) is 4.64. The van der Waals surface area contributed by atoms with Crippen molar-refractivity contribution in [2.75, 3.05) is 25.2 Å². The summed E-state index contributed by atoms with van der Waals surface area (Å²) in [5.41, 5.74) is 3.95. The second kappa shape index (κ2) is 10.9. The number of pyridine rings is 1. The van der Waals surface area contributed by atoms with Gasteiger partial charge in [-0.1, -0.05) is 24.0 Å². The van der Waals surface area contributed by atoms with E-state index in [0.29, 0.717) is 36.4 Å². The van der Waals surface area contributed by atoms with Crippen molar-refractivity contribution in [3.63, 3.8) is 0 Å². The maximum Gasteiger partial charge on any atom is 0.342 e. The molecule has 0 saturated carbocycles. The fourth-order valence-corrected chi connectivity index (χ4v) is 4.64. The first-order valence-corrected chi connectivity index (χ1v) is 12.4. The summed E-state index contributed by atoms with van der Waals surface area (Å²) in [5, 5.41) is 6.93. The van der Waals surface area contributed by atoms with Gasteiger partial charge in [-0.15, -0.1) is 0 Å². The lowest BCUT2D eigenvalue weighted by molar-refractivity contribution is -0.120. The van der Waals surface area contributed by atoms with Gasteiger partial charge in [-0.3, -0.25) is 4.79 Å². The quantitative estimate of drug-likeness (QED) is 0.439. The highest BCUT2D eigenvalue weighted by Gasteiger charge is 2.30. The average molecular weight is 502 g/mol. The number of hydrogen-bond donors (Lipinski definition) is 1. The van der Waals surface area contributed by atoms with Gasteiger partial charge in [-0.05, 0) is 61.1 Å². The van der Waals surface area contributed by atoms with Crippen molar-refractivity contribution in [3.05, 3.63) is 77.1 Å². The lowest BCUT2D eigenvalue weighted by Gasteiger charge is -2.22. The molecule has 2 aliphatic heterocycles. The Morgan fingerprint density at radius 1 is 1.22 bits per heavy atom. The van der Waals surface area contributed by atoms with E-state index in [4.69, 9.17) is 4.74 Å². The minimum absolute atomic E-state index is 0.196. The monoisotopic (exact) mass is 501 g/mol. The van der Waals surface area contributed by atoms with Gasteiger partial charge in [0.2, 0.25) is 11.9 Å². The van der Waals surface area contributed by atoms with Gasteiger partial charge in [-0.2, -0.15) is 14.2 Å². The standard InChI is InChI=1S/C28H28FN5O3/c1-33-25-16-20(6-5-19-11-13-37-14-12-19)7-8-22(25)9-10-24(27(33)35)32-28(36)34-18-21(17-30-34)15-23-3-2-4-26(29)31-23/h2-4,7-8,16-19,24H,9-15H2,1H3,(H,32,36)/t24-/m0/s1. The van der Waals surface area contributed by atoms with Gasteiger partial charge in [0.25, 0.3) is 0 Å². The van der Waals surface area contributed by atoms with Crippen LogP contribution in [0, 0.1) is 23.7 Å². The van der Waals surface area contributed by atoms with E-state index >= 15 is 0 Å². The normalized spacial score (nSPS) is 17.9. The Labute approximate surface area is 214 Å². The molecule has 1 atom stereocenters. The molecule has 0 unspecified atom stereocenters. The summed E-state index contributed by atoms with van der Waals surface area (Å²) in [6.45, 7) is 1.50. The number of amides is 2. The number of halogens is 1. The Balaban J connectivity index is 1.25. The number of benzene rings is 1. The summed E-state index contributed by atoms with van der Waals surface area (Å²) in [6, 6.07) is 9.32. The Kier molecular flexibility index (Phi) is 7.28. The van der Waals surface area contributed by atoms with Gasteiger partial charge in [0.1, 0.15) is 6.04 Å². The molecule has 1 aromatic carbocycles. The predicted molar refractivity (Wildman–Crippen MR) is 136 cm³/mol. The first-order valence-electron chi connectivity index (χ1n) is 12.4. The number of aromatic nitrogens is 3. The molecule has 2 amide bonds. The lowest BCUT2D eigenvalue weighted by atomic mass is 10.00. The van der Waals surface area contributed by atoms with Gasteiger partial charge in [0.15, 0.2) is 0 Å². The van der Waals surface area contributed by atoms with Gasteiger partial charge in [0.05, 0.1) is 6.20 Å². The van der Waals surface area contributed by atoms with Gasteiger partial charge >= 0.3 is 6.03 Å². The molecule has 4 heterocycles. The van der Waals surface area contributed by atoms with Crippen LogP contribution in [0.5, 0.6) is 0 Å². The zero-order chi connectivity index (χ0) is 25.8. The highest BCUT2D eigenvalue weighted by Crippen LogP contribution is 2.27. The summed E-state index contributed by atoms with van der Waals surface area (Å²) in [6.07, 6.45) is 6.42.